The summed E-state index contributed by atoms with van der Waals surface area (Å²) in [6, 6.07) is 20.9. The average molecular weight is 495 g/mol. The second-order valence-electron chi connectivity index (χ2n) is 7.26. The molecule has 1 unspecified atom stereocenters. The quantitative estimate of drug-likeness (QED) is 0.243. The van der Waals surface area contributed by atoms with Crippen LogP contribution in [0.4, 0.5) is 11.4 Å². The maximum absolute atomic E-state index is 12.8. The molecular formula is C26H23ClN2O4S. The monoisotopic (exact) mass is 494 g/mol. The Kier molecular flexibility index (Phi) is 8.90. The highest BCUT2D eigenvalue weighted by molar-refractivity contribution is 8.00. The van der Waals surface area contributed by atoms with Crippen LogP contribution in [0.2, 0.25) is 5.02 Å². The van der Waals surface area contributed by atoms with Crippen LogP contribution < -0.4 is 10.6 Å². The number of carbonyl (C=O) groups is 3. The maximum atomic E-state index is 12.8. The number of amides is 2. The van der Waals surface area contributed by atoms with Crippen molar-refractivity contribution in [1.29, 1.82) is 0 Å². The van der Waals surface area contributed by atoms with Gasteiger partial charge in [-0.1, -0.05) is 54.9 Å². The van der Waals surface area contributed by atoms with Crippen LogP contribution in [-0.4, -0.2) is 28.1 Å². The molecule has 6 nitrogen and oxygen atoms in total. The van der Waals surface area contributed by atoms with Crippen molar-refractivity contribution in [3.63, 3.8) is 0 Å². The van der Waals surface area contributed by atoms with Crippen molar-refractivity contribution < 1.29 is 19.5 Å². The van der Waals surface area contributed by atoms with Crippen LogP contribution in [0.3, 0.4) is 0 Å². The molecule has 34 heavy (non-hydrogen) atoms. The minimum absolute atomic E-state index is 0.0326. The van der Waals surface area contributed by atoms with Gasteiger partial charge in [0.15, 0.2) is 0 Å². The van der Waals surface area contributed by atoms with E-state index >= 15 is 0 Å². The zero-order valence-electron chi connectivity index (χ0n) is 18.3. The second-order valence-corrected chi connectivity index (χ2v) is 8.95. The number of thioether (sulfide) groups is 1. The number of anilines is 2. The number of rotatable bonds is 9. The molecule has 3 aromatic rings. The van der Waals surface area contributed by atoms with E-state index in [1.807, 2.05) is 43.3 Å². The van der Waals surface area contributed by atoms with E-state index in [1.54, 1.807) is 24.3 Å². The van der Waals surface area contributed by atoms with Gasteiger partial charge in [-0.2, -0.15) is 0 Å². The first kappa shape index (κ1) is 25.1. The van der Waals surface area contributed by atoms with E-state index in [1.165, 1.54) is 36.0 Å². The van der Waals surface area contributed by atoms with Gasteiger partial charge in [-0.05, 0) is 54.5 Å². The van der Waals surface area contributed by atoms with Crippen molar-refractivity contribution in [1.82, 2.24) is 0 Å². The van der Waals surface area contributed by atoms with Crippen molar-refractivity contribution in [3.8, 4) is 0 Å². The smallest absolute Gasteiger partial charge is 0.335 e. The number of carboxylic acid groups (broad SMARTS) is 1. The van der Waals surface area contributed by atoms with Gasteiger partial charge in [0.05, 0.1) is 21.5 Å². The first-order chi connectivity index (χ1) is 16.4. The Morgan fingerprint density at radius 3 is 2.47 bits per heavy atom. The van der Waals surface area contributed by atoms with E-state index in [-0.39, 0.29) is 28.1 Å². The SMILES string of the molecule is CCC(Sc1cccc(NC(=O)/C=C/c2ccccc2)c1)C(=O)Nc1cc(C(=O)O)ccc1Cl. The summed E-state index contributed by atoms with van der Waals surface area (Å²) in [7, 11) is 0. The Bertz CT molecular complexity index is 1210. The molecule has 0 spiro atoms. The molecule has 0 bridgehead atoms. The van der Waals surface area contributed by atoms with E-state index in [0.29, 0.717) is 12.1 Å². The molecule has 2 amide bonds. The molecular weight excluding hydrogens is 472 g/mol. The van der Waals surface area contributed by atoms with Crippen molar-refractivity contribution in [2.45, 2.75) is 23.5 Å². The Hall–Kier alpha value is -3.55. The summed E-state index contributed by atoms with van der Waals surface area (Å²) in [5, 5.41) is 14.5. The van der Waals surface area contributed by atoms with E-state index in [2.05, 4.69) is 10.6 Å². The number of nitrogens with one attached hydrogen (secondary N) is 2. The highest BCUT2D eigenvalue weighted by Crippen LogP contribution is 2.30. The predicted molar refractivity (Wildman–Crippen MR) is 138 cm³/mol. The molecule has 0 aliphatic heterocycles. The first-order valence-corrected chi connectivity index (χ1v) is 11.8. The molecule has 8 heteroatoms. The fraction of sp³-hybridized carbons (Fsp3) is 0.115. The third-order valence-electron chi connectivity index (χ3n) is 4.74. The van der Waals surface area contributed by atoms with E-state index in [9.17, 15) is 19.5 Å². The van der Waals surface area contributed by atoms with Crippen LogP contribution in [0, 0.1) is 0 Å². The molecule has 0 radical (unpaired) electrons. The largest absolute Gasteiger partial charge is 0.478 e. The maximum Gasteiger partial charge on any atom is 0.335 e. The van der Waals surface area contributed by atoms with Crippen molar-refractivity contribution in [2.75, 3.05) is 10.6 Å². The Balaban J connectivity index is 1.65. The van der Waals surface area contributed by atoms with Crippen LogP contribution in [0.1, 0.15) is 29.3 Å². The third kappa shape index (κ3) is 7.23. The summed E-state index contributed by atoms with van der Waals surface area (Å²) < 4.78 is 0. The number of carbonyl (C=O) groups excluding carboxylic acids is 2. The van der Waals surface area contributed by atoms with Gasteiger partial charge >= 0.3 is 5.97 Å². The van der Waals surface area contributed by atoms with E-state index < -0.39 is 11.2 Å². The van der Waals surface area contributed by atoms with Crippen LogP contribution in [0.15, 0.2) is 83.8 Å². The molecule has 1 atom stereocenters. The Morgan fingerprint density at radius 2 is 1.76 bits per heavy atom. The van der Waals surface area contributed by atoms with Gasteiger partial charge in [0.1, 0.15) is 0 Å². The summed E-state index contributed by atoms with van der Waals surface area (Å²) in [6.07, 6.45) is 3.73. The molecule has 0 aromatic heterocycles. The topological polar surface area (TPSA) is 95.5 Å². The van der Waals surface area contributed by atoms with Crippen LogP contribution >= 0.6 is 23.4 Å². The summed E-state index contributed by atoms with van der Waals surface area (Å²) in [5.74, 6) is -1.66. The predicted octanol–water partition coefficient (Wildman–Crippen LogP) is 6.20. The highest BCUT2D eigenvalue weighted by atomic mass is 35.5. The normalized spacial score (nSPS) is 11.7. The van der Waals surface area contributed by atoms with Gasteiger partial charge < -0.3 is 15.7 Å². The van der Waals surface area contributed by atoms with Gasteiger partial charge in [0, 0.05) is 16.7 Å². The van der Waals surface area contributed by atoms with Gasteiger partial charge in [-0.25, -0.2) is 4.79 Å². The molecule has 3 N–H and O–H groups in total. The fourth-order valence-electron chi connectivity index (χ4n) is 3.02. The van der Waals surface area contributed by atoms with Crippen LogP contribution in [0.25, 0.3) is 6.08 Å². The molecule has 0 aliphatic rings. The summed E-state index contributed by atoms with van der Waals surface area (Å²) in [5.41, 5.74) is 1.81. The standard InChI is InChI=1S/C26H23ClN2O4S/c1-2-23(25(31)29-22-15-18(26(32)33)12-13-21(22)27)34-20-10-6-9-19(16-20)28-24(30)14-11-17-7-4-3-5-8-17/h3-16,23H,2H2,1H3,(H,28,30)(H,29,31)(H,32,33)/b14-11+. The lowest BCUT2D eigenvalue weighted by atomic mass is 10.2. The lowest BCUT2D eigenvalue weighted by Crippen LogP contribution is -2.24. The van der Waals surface area contributed by atoms with Gasteiger partial charge in [0.2, 0.25) is 11.8 Å². The molecule has 0 heterocycles. The Morgan fingerprint density at radius 1 is 1.00 bits per heavy atom. The molecule has 0 saturated heterocycles. The fourth-order valence-corrected chi connectivity index (χ4v) is 4.20. The lowest BCUT2D eigenvalue weighted by Gasteiger charge is -2.16. The zero-order chi connectivity index (χ0) is 24.5. The van der Waals surface area contributed by atoms with Crippen molar-refractivity contribution >= 4 is 58.6 Å². The van der Waals surface area contributed by atoms with Crippen LogP contribution in [0.5, 0.6) is 0 Å². The lowest BCUT2D eigenvalue weighted by molar-refractivity contribution is -0.115. The number of hydrogen-bond acceptors (Lipinski definition) is 4. The average Bonchev–Trinajstić information content (AvgIpc) is 2.83. The number of benzene rings is 3. The molecule has 0 aliphatic carbocycles. The summed E-state index contributed by atoms with van der Waals surface area (Å²) in [6.45, 7) is 1.88. The number of carboxylic acids is 1. The summed E-state index contributed by atoms with van der Waals surface area (Å²) >= 11 is 7.47. The van der Waals surface area contributed by atoms with Crippen molar-refractivity contribution in [3.05, 3.63) is 95.0 Å². The van der Waals surface area contributed by atoms with E-state index in [0.717, 1.165) is 10.5 Å². The molecule has 3 rings (SSSR count). The zero-order valence-corrected chi connectivity index (χ0v) is 19.9. The minimum Gasteiger partial charge on any atom is -0.478 e. The number of aromatic carboxylic acids is 1. The third-order valence-corrected chi connectivity index (χ3v) is 6.43. The molecule has 174 valence electrons. The molecule has 0 saturated carbocycles. The Labute approximate surface area is 207 Å². The number of hydrogen-bond donors (Lipinski definition) is 3. The van der Waals surface area contributed by atoms with Gasteiger partial charge in [-0.15, -0.1) is 11.8 Å². The second kappa shape index (κ2) is 12.1. The van der Waals surface area contributed by atoms with Gasteiger partial charge in [0.25, 0.3) is 0 Å². The van der Waals surface area contributed by atoms with Crippen molar-refractivity contribution in [2.24, 2.45) is 0 Å². The van der Waals surface area contributed by atoms with E-state index in [4.69, 9.17) is 11.6 Å². The van der Waals surface area contributed by atoms with Crippen LogP contribution in [-0.2, 0) is 9.59 Å². The first-order valence-electron chi connectivity index (χ1n) is 10.5. The molecule has 0 fully saturated rings. The summed E-state index contributed by atoms with van der Waals surface area (Å²) in [4.78, 5) is 37.1. The number of halogens is 1. The minimum atomic E-state index is -1.11. The highest BCUT2D eigenvalue weighted by Gasteiger charge is 2.20. The molecule has 3 aromatic carbocycles. The van der Waals surface area contributed by atoms with Gasteiger partial charge in [-0.3, -0.25) is 9.59 Å².